The molecule has 4 heteroatoms. The zero-order valence-electron chi connectivity index (χ0n) is 18.0. The number of ketones is 1. The third-order valence-electron chi connectivity index (χ3n) is 5.45. The molecule has 158 valence electrons. The second-order valence-corrected chi connectivity index (χ2v) is 8.48. The maximum absolute atomic E-state index is 13.1. The van der Waals surface area contributed by atoms with E-state index in [4.69, 9.17) is 0 Å². The van der Waals surface area contributed by atoms with Crippen LogP contribution < -0.4 is 5.32 Å². The van der Waals surface area contributed by atoms with Crippen LogP contribution in [0.15, 0.2) is 60.7 Å². The summed E-state index contributed by atoms with van der Waals surface area (Å²) in [7, 11) is 0. The molecule has 2 aromatic rings. The van der Waals surface area contributed by atoms with Gasteiger partial charge in [0.2, 0.25) is 5.91 Å². The summed E-state index contributed by atoms with van der Waals surface area (Å²) in [5.74, 6) is 0.186. The minimum absolute atomic E-state index is 0.0875. The predicted octanol–water partition coefficient (Wildman–Crippen LogP) is 4.25. The van der Waals surface area contributed by atoms with Crippen LogP contribution in [0.25, 0.3) is 6.08 Å². The molecule has 0 aliphatic carbocycles. The zero-order chi connectivity index (χ0) is 21.3. The van der Waals surface area contributed by atoms with Crippen molar-refractivity contribution in [1.29, 1.82) is 0 Å². The number of amides is 1. The van der Waals surface area contributed by atoms with Crippen molar-refractivity contribution in [3.05, 3.63) is 77.4 Å². The molecule has 0 saturated carbocycles. The van der Waals surface area contributed by atoms with Crippen LogP contribution in [0.5, 0.6) is 0 Å². The highest BCUT2D eigenvalue weighted by molar-refractivity contribution is 5.96. The van der Waals surface area contributed by atoms with Gasteiger partial charge in [-0.15, -0.1) is 0 Å². The summed E-state index contributed by atoms with van der Waals surface area (Å²) in [4.78, 5) is 27.8. The lowest BCUT2D eigenvalue weighted by molar-refractivity contribution is -0.126. The molecule has 0 fully saturated rings. The maximum Gasteiger partial charge on any atom is 0.244 e. The molecule has 0 spiro atoms. The molecule has 30 heavy (non-hydrogen) atoms. The lowest BCUT2D eigenvalue weighted by Crippen LogP contribution is -2.45. The van der Waals surface area contributed by atoms with Crippen LogP contribution in [0, 0.1) is 5.92 Å². The summed E-state index contributed by atoms with van der Waals surface area (Å²) in [6.45, 7) is 6.21. The average Bonchev–Trinajstić information content (AvgIpc) is 2.94. The van der Waals surface area contributed by atoms with Crippen molar-refractivity contribution in [3.63, 3.8) is 0 Å². The zero-order valence-corrected chi connectivity index (χ0v) is 18.0. The summed E-state index contributed by atoms with van der Waals surface area (Å²) in [6.07, 6.45) is 6.03. The molecule has 1 aliphatic rings. The average molecular weight is 405 g/mol. The van der Waals surface area contributed by atoms with Crippen LogP contribution in [0.2, 0.25) is 0 Å². The molecule has 4 nitrogen and oxygen atoms in total. The summed E-state index contributed by atoms with van der Waals surface area (Å²) in [6, 6.07) is 17.7. The van der Waals surface area contributed by atoms with Crippen molar-refractivity contribution < 1.29 is 9.59 Å². The smallest absolute Gasteiger partial charge is 0.244 e. The third kappa shape index (κ3) is 6.67. The fourth-order valence-corrected chi connectivity index (χ4v) is 3.93. The number of hydrogen-bond acceptors (Lipinski definition) is 3. The second kappa shape index (κ2) is 10.9. The minimum atomic E-state index is -0.462. The molecule has 0 radical (unpaired) electrons. The van der Waals surface area contributed by atoms with Gasteiger partial charge in [0.05, 0.1) is 12.6 Å². The lowest BCUT2D eigenvalue weighted by atomic mass is 9.99. The Bertz CT molecular complexity index is 874. The highest BCUT2D eigenvalue weighted by atomic mass is 16.2. The maximum atomic E-state index is 13.1. The standard InChI is InChI=1S/C26H32N2O2/c1-20(2)17-24(27-26(30)15-14-21-9-4-3-5-10-21)25(29)19-28-16-8-13-22-11-6-7-12-23(22)18-28/h3-7,9-12,14-15,20,24H,8,13,16-19H2,1-2H3,(H,27,30)/t24-/m0/s1. The van der Waals surface area contributed by atoms with Crippen LogP contribution in [0.3, 0.4) is 0 Å². The Morgan fingerprint density at radius 2 is 1.73 bits per heavy atom. The summed E-state index contributed by atoms with van der Waals surface area (Å²) in [5, 5.41) is 2.94. The van der Waals surface area contributed by atoms with Crippen molar-refractivity contribution in [1.82, 2.24) is 10.2 Å². The quantitative estimate of drug-likeness (QED) is 0.669. The minimum Gasteiger partial charge on any atom is -0.343 e. The first-order chi connectivity index (χ1) is 14.5. The number of aryl methyl sites for hydroxylation is 1. The van der Waals surface area contributed by atoms with Gasteiger partial charge < -0.3 is 5.32 Å². The Kier molecular flexibility index (Phi) is 7.97. The van der Waals surface area contributed by atoms with Crippen LogP contribution in [0.1, 0.15) is 43.4 Å². The highest BCUT2D eigenvalue weighted by Gasteiger charge is 2.24. The van der Waals surface area contributed by atoms with E-state index in [0.717, 1.165) is 31.5 Å². The van der Waals surface area contributed by atoms with Crippen LogP contribution in [0.4, 0.5) is 0 Å². The molecule has 1 aliphatic heterocycles. The van der Waals surface area contributed by atoms with Crippen molar-refractivity contribution in [2.45, 2.75) is 45.7 Å². The molecular weight excluding hydrogens is 372 g/mol. The molecule has 0 unspecified atom stereocenters. The third-order valence-corrected chi connectivity index (χ3v) is 5.45. The van der Waals surface area contributed by atoms with E-state index < -0.39 is 6.04 Å². The number of carbonyl (C=O) groups is 2. The number of nitrogens with one attached hydrogen (secondary N) is 1. The number of nitrogens with zero attached hydrogens (tertiary/aromatic N) is 1. The first kappa shape index (κ1) is 22.0. The number of carbonyl (C=O) groups excluding carboxylic acids is 2. The van der Waals surface area contributed by atoms with E-state index in [2.05, 4.69) is 48.3 Å². The monoisotopic (exact) mass is 404 g/mol. The van der Waals surface area contributed by atoms with Crippen LogP contribution in [-0.2, 0) is 22.6 Å². The fourth-order valence-electron chi connectivity index (χ4n) is 3.93. The molecular formula is C26H32N2O2. The van der Waals surface area contributed by atoms with E-state index in [0.29, 0.717) is 18.9 Å². The van der Waals surface area contributed by atoms with Gasteiger partial charge in [-0.3, -0.25) is 14.5 Å². The van der Waals surface area contributed by atoms with Crippen molar-refractivity contribution in [2.24, 2.45) is 5.92 Å². The predicted molar refractivity (Wildman–Crippen MR) is 122 cm³/mol. The van der Waals surface area contributed by atoms with Gasteiger partial charge in [0, 0.05) is 12.6 Å². The Morgan fingerprint density at radius 3 is 2.47 bits per heavy atom. The van der Waals surface area contributed by atoms with Crippen molar-refractivity contribution in [2.75, 3.05) is 13.1 Å². The van der Waals surface area contributed by atoms with E-state index in [1.165, 1.54) is 17.2 Å². The van der Waals surface area contributed by atoms with E-state index in [1.807, 2.05) is 30.3 Å². The lowest BCUT2D eigenvalue weighted by Gasteiger charge is -2.24. The fraction of sp³-hybridized carbons (Fsp3) is 0.385. The Hall–Kier alpha value is -2.72. The SMILES string of the molecule is CC(C)C[C@H](NC(=O)C=Cc1ccccc1)C(=O)CN1CCCc2ccccc2C1. The van der Waals surface area contributed by atoms with Crippen molar-refractivity contribution in [3.8, 4) is 0 Å². The molecule has 0 aromatic heterocycles. The van der Waals surface area contributed by atoms with Gasteiger partial charge in [-0.05, 0) is 54.5 Å². The Labute approximate surface area is 180 Å². The summed E-state index contributed by atoms with van der Waals surface area (Å²) in [5.41, 5.74) is 3.64. The molecule has 0 bridgehead atoms. The van der Waals surface area contributed by atoms with Gasteiger partial charge in [-0.2, -0.15) is 0 Å². The topological polar surface area (TPSA) is 49.4 Å². The largest absolute Gasteiger partial charge is 0.343 e. The molecule has 1 N–H and O–H groups in total. The molecule has 2 aromatic carbocycles. The summed E-state index contributed by atoms with van der Waals surface area (Å²) >= 11 is 0. The molecule has 1 atom stereocenters. The number of Topliss-reactive ketones (excluding diaryl/α,β-unsaturated/α-hetero) is 1. The highest BCUT2D eigenvalue weighted by Crippen LogP contribution is 2.18. The number of fused-ring (bicyclic) bond motifs is 1. The van der Waals surface area contributed by atoms with Crippen LogP contribution in [-0.4, -0.2) is 35.7 Å². The van der Waals surface area contributed by atoms with Gasteiger partial charge >= 0.3 is 0 Å². The second-order valence-electron chi connectivity index (χ2n) is 8.48. The number of hydrogen-bond donors (Lipinski definition) is 1. The molecule has 1 amide bonds. The van der Waals surface area contributed by atoms with Crippen LogP contribution >= 0.6 is 0 Å². The van der Waals surface area contributed by atoms with Gasteiger partial charge in [0.15, 0.2) is 5.78 Å². The normalized spacial score (nSPS) is 15.6. The first-order valence-corrected chi connectivity index (χ1v) is 10.9. The first-order valence-electron chi connectivity index (χ1n) is 10.9. The van der Waals surface area contributed by atoms with E-state index in [-0.39, 0.29) is 11.7 Å². The van der Waals surface area contributed by atoms with E-state index in [1.54, 1.807) is 6.08 Å². The van der Waals surface area contributed by atoms with E-state index in [9.17, 15) is 9.59 Å². The number of benzene rings is 2. The Morgan fingerprint density at radius 1 is 1.03 bits per heavy atom. The van der Waals surface area contributed by atoms with Gasteiger partial charge in [0.25, 0.3) is 0 Å². The van der Waals surface area contributed by atoms with Gasteiger partial charge in [-0.25, -0.2) is 0 Å². The molecule has 1 heterocycles. The van der Waals surface area contributed by atoms with Gasteiger partial charge in [0.1, 0.15) is 0 Å². The van der Waals surface area contributed by atoms with E-state index >= 15 is 0 Å². The van der Waals surface area contributed by atoms with Gasteiger partial charge in [-0.1, -0.05) is 68.4 Å². The molecule has 0 saturated heterocycles. The van der Waals surface area contributed by atoms with Crippen molar-refractivity contribution >= 4 is 17.8 Å². The summed E-state index contributed by atoms with van der Waals surface area (Å²) < 4.78 is 0. The molecule has 3 rings (SSSR count). The number of rotatable bonds is 8. The Balaban J connectivity index is 1.62.